The lowest BCUT2D eigenvalue weighted by Gasteiger charge is -2.39. The van der Waals surface area contributed by atoms with Crippen LogP contribution in [0.15, 0.2) is 42.5 Å². The predicted molar refractivity (Wildman–Crippen MR) is 105 cm³/mol. The molecule has 3 nitrogen and oxygen atoms in total. The minimum absolute atomic E-state index is 0.0281. The van der Waals surface area contributed by atoms with E-state index >= 15 is 0 Å². The Hall–Kier alpha value is -1.97. The van der Waals surface area contributed by atoms with Crippen LogP contribution in [0.3, 0.4) is 0 Å². The van der Waals surface area contributed by atoms with Gasteiger partial charge in [-0.05, 0) is 48.1 Å². The summed E-state index contributed by atoms with van der Waals surface area (Å²) < 4.78 is 5.01. The monoisotopic (exact) mass is 387 g/mol. The molecule has 1 N–H and O–H groups in total. The zero-order valence-corrected chi connectivity index (χ0v) is 16.1. The number of carbonyl (C=O) groups is 1. The van der Waals surface area contributed by atoms with Gasteiger partial charge in [0, 0.05) is 11.6 Å². The Morgan fingerprint density at radius 1 is 1.23 bits per heavy atom. The molecule has 0 fully saturated rings. The molecule has 1 aliphatic heterocycles. The molecule has 26 heavy (non-hydrogen) atoms. The third-order valence-corrected chi connectivity index (χ3v) is 6.28. The Kier molecular flexibility index (Phi) is 4.45. The molecule has 0 saturated carbocycles. The lowest BCUT2D eigenvalue weighted by Crippen LogP contribution is -2.31. The Morgan fingerprint density at radius 3 is 2.81 bits per heavy atom. The average Bonchev–Trinajstić information content (AvgIpc) is 3.13. The first kappa shape index (κ1) is 17.4. The Labute approximate surface area is 163 Å². The van der Waals surface area contributed by atoms with E-state index < -0.39 is 0 Å². The van der Waals surface area contributed by atoms with Crippen LogP contribution < -0.4 is 5.32 Å². The molecular formula is C21H19Cl2NO2. The normalized spacial score (nSPS) is 23.2. The zero-order chi connectivity index (χ0) is 18.4. The van der Waals surface area contributed by atoms with Gasteiger partial charge in [-0.1, -0.05) is 53.6 Å². The van der Waals surface area contributed by atoms with E-state index in [0.29, 0.717) is 15.6 Å². The van der Waals surface area contributed by atoms with Crippen LogP contribution in [0.2, 0.25) is 10.0 Å². The maximum Gasteiger partial charge on any atom is 0.338 e. The second-order valence-electron chi connectivity index (χ2n) is 6.83. The van der Waals surface area contributed by atoms with Crippen molar-refractivity contribution in [1.82, 2.24) is 0 Å². The number of fused-ring (bicyclic) bond motifs is 3. The Bertz CT molecular complexity index is 922. The molecule has 0 unspecified atom stereocenters. The predicted octanol–water partition coefficient (Wildman–Crippen LogP) is 5.91. The zero-order valence-electron chi connectivity index (χ0n) is 14.6. The highest BCUT2D eigenvalue weighted by Crippen LogP contribution is 2.53. The van der Waals surface area contributed by atoms with Crippen LogP contribution in [0.25, 0.3) is 0 Å². The standard InChI is InChI=1S/C21H19Cl2NO2/c1-11-9-10-14(21(25)26-2)17-12-5-3-6-13(12)20(24-19(11)17)15-7-4-8-16(22)18(15)23/h3-5,7-10,12-13,20,24H,6H2,1-2H3/t12-,13-,20+/m1/s1. The van der Waals surface area contributed by atoms with Crippen molar-refractivity contribution in [2.24, 2.45) is 5.92 Å². The maximum atomic E-state index is 12.3. The van der Waals surface area contributed by atoms with Gasteiger partial charge in [0.1, 0.15) is 0 Å². The minimum Gasteiger partial charge on any atom is -0.465 e. The lowest BCUT2D eigenvalue weighted by atomic mass is 9.74. The molecule has 1 aliphatic carbocycles. The molecule has 134 valence electrons. The van der Waals surface area contributed by atoms with Crippen LogP contribution >= 0.6 is 23.2 Å². The SMILES string of the molecule is COC(=O)c1ccc(C)c2c1[C@@H]1C=CC[C@H]1[C@@H](c1cccc(Cl)c1Cl)N2. The number of hydrogen-bond donors (Lipinski definition) is 1. The number of nitrogens with one attached hydrogen (secondary N) is 1. The summed E-state index contributed by atoms with van der Waals surface area (Å²) in [4.78, 5) is 12.3. The van der Waals surface area contributed by atoms with Crippen molar-refractivity contribution in [3.05, 3.63) is 74.8 Å². The molecule has 0 radical (unpaired) electrons. The fourth-order valence-electron chi connectivity index (χ4n) is 4.21. The van der Waals surface area contributed by atoms with E-state index in [1.807, 2.05) is 31.2 Å². The van der Waals surface area contributed by atoms with Crippen LogP contribution in [-0.2, 0) is 4.74 Å². The second-order valence-corrected chi connectivity index (χ2v) is 7.61. The molecule has 5 heteroatoms. The number of rotatable bonds is 2. The quantitative estimate of drug-likeness (QED) is 0.513. The third-order valence-electron chi connectivity index (χ3n) is 5.45. The van der Waals surface area contributed by atoms with Crippen LogP contribution in [0.1, 0.15) is 45.4 Å². The first-order chi connectivity index (χ1) is 12.5. The van der Waals surface area contributed by atoms with E-state index in [1.165, 1.54) is 7.11 Å². The van der Waals surface area contributed by atoms with E-state index in [4.69, 9.17) is 27.9 Å². The molecule has 3 atom stereocenters. The Morgan fingerprint density at radius 2 is 2.04 bits per heavy atom. The highest BCUT2D eigenvalue weighted by Gasteiger charge is 2.41. The summed E-state index contributed by atoms with van der Waals surface area (Å²) in [6.07, 6.45) is 5.29. The fraction of sp³-hybridized carbons (Fsp3) is 0.286. The summed E-state index contributed by atoms with van der Waals surface area (Å²) in [6, 6.07) is 9.59. The van der Waals surface area contributed by atoms with Crippen molar-refractivity contribution in [1.29, 1.82) is 0 Å². The molecular weight excluding hydrogens is 369 g/mol. The number of hydrogen-bond acceptors (Lipinski definition) is 3. The van der Waals surface area contributed by atoms with Crippen molar-refractivity contribution in [3.63, 3.8) is 0 Å². The topological polar surface area (TPSA) is 38.3 Å². The van der Waals surface area contributed by atoms with Crippen LogP contribution in [0.5, 0.6) is 0 Å². The van der Waals surface area contributed by atoms with Gasteiger partial charge >= 0.3 is 5.97 Å². The minimum atomic E-state index is -0.304. The summed E-state index contributed by atoms with van der Waals surface area (Å²) in [6.45, 7) is 2.04. The molecule has 0 amide bonds. The molecule has 0 bridgehead atoms. The number of benzene rings is 2. The molecule has 4 rings (SSSR count). The van der Waals surface area contributed by atoms with Gasteiger partial charge in [0.15, 0.2) is 0 Å². The van der Waals surface area contributed by atoms with Crippen LogP contribution in [0.4, 0.5) is 5.69 Å². The third kappa shape index (κ3) is 2.62. The summed E-state index contributed by atoms with van der Waals surface area (Å²) in [5.74, 6) is 0.102. The van der Waals surface area contributed by atoms with Gasteiger partial charge in [0.05, 0.1) is 28.8 Å². The molecule has 1 heterocycles. The maximum absolute atomic E-state index is 12.3. The molecule has 2 aromatic rings. The van der Waals surface area contributed by atoms with Crippen molar-refractivity contribution >= 4 is 34.9 Å². The van der Waals surface area contributed by atoms with Gasteiger partial charge in [-0.25, -0.2) is 4.79 Å². The van der Waals surface area contributed by atoms with Gasteiger partial charge in [0.25, 0.3) is 0 Å². The number of halogens is 2. The second kappa shape index (κ2) is 6.64. The van der Waals surface area contributed by atoms with Crippen molar-refractivity contribution in [2.75, 3.05) is 12.4 Å². The lowest BCUT2D eigenvalue weighted by molar-refractivity contribution is 0.0598. The van der Waals surface area contributed by atoms with E-state index in [1.54, 1.807) is 6.07 Å². The number of aryl methyl sites for hydroxylation is 1. The highest BCUT2D eigenvalue weighted by molar-refractivity contribution is 6.42. The molecule has 0 saturated heterocycles. The first-order valence-corrected chi connectivity index (χ1v) is 9.37. The highest BCUT2D eigenvalue weighted by atomic mass is 35.5. The average molecular weight is 388 g/mol. The van der Waals surface area contributed by atoms with Crippen molar-refractivity contribution in [2.45, 2.75) is 25.3 Å². The number of methoxy groups -OCH3 is 1. The number of carbonyl (C=O) groups excluding carboxylic acids is 1. The van der Waals surface area contributed by atoms with E-state index in [9.17, 15) is 4.79 Å². The van der Waals surface area contributed by atoms with E-state index in [0.717, 1.165) is 28.8 Å². The van der Waals surface area contributed by atoms with Crippen molar-refractivity contribution in [3.8, 4) is 0 Å². The van der Waals surface area contributed by atoms with Crippen LogP contribution in [-0.4, -0.2) is 13.1 Å². The first-order valence-electron chi connectivity index (χ1n) is 8.62. The number of anilines is 1. The van der Waals surface area contributed by atoms with Gasteiger partial charge in [-0.3, -0.25) is 0 Å². The van der Waals surface area contributed by atoms with Gasteiger partial charge in [-0.15, -0.1) is 0 Å². The number of esters is 1. The summed E-state index contributed by atoms with van der Waals surface area (Å²) in [5, 5.41) is 4.79. The largest absolute Gasteiger partial charge is 0.465 e. The van der Waals surface area contributed by atoms with Gasteiger partial charge in [-0.2, -0.15) is 0 Å². The number of ether oxygens (including phenoxy) is 1. The Balaban J connectivity index is 1.89. The molecule has 2 aromatic carbocycles. The molecule has 0 aromatic heterocycles. The van der Waals surface area contributed by atoms with Gasteiger partial charge < -0.3 is 10.1 Å². The van der Waals surface area contributed by atoms with Crippen molar-refractivity contribution < 1.29 is 9.53 Å². The molecule has 0 spiro atoms. The number of allylic oxidation sites excluding steroid dienone is 2. The van der Waals surface area contributed by atoms with Gasteiger partial charge in [0.2, 0.25) is 0 Å². The van der Waals surface area contributed by atoms with E-state index in [2.05, 4.69) is 17.5 Å². The molecule has 2 aliphatic rings. The fourth-order valence-corrected chi connectivity index (χ4v) is 4.64. The van der Waals surface area contributed by atoms with E-state index in [-0.39, 0.29) is 23.8 Å². The van der Waals surface area contributed by atoms with Crippen LogP contribution in [0, 0.1) is 12.8 Å². The summed E-state index contributed by atoms with van der Waals surface area (Å²) in [7, 11) is 1.42. The smallest absolute Gasteiger partial charge is 0.338 e. The summed E-state index contributed by atoms with van der Waals surface area (Å²) in [5.41, 5.74) is 4.71. The summed E-state index contributed by atoms with van der Waals surface area (Å²) >= 11 is 12.8.